The van der Waals surface area contributed by atoms with Crippen molar-refractivity contribution in [1.29, 1.82) is 0 Å². The molecule has 1 rings (SSSR count). The lowest BCUT2D eigenvalue weighted by Gasteiger charge is -2.04. The van der Waals surface area contributed by atoms with Crippen LogP contribution in [0.15, 0.2) is 30.3 Å². The zero-order valence-corrected chi connectivity index (χ0v) is 10.3. The molecule has 0 aromatic heterocycles. The fourth-order valence-corrected chi connectivity index (χ4v) is 1.45. The third kappa shape index (κ3) is 5.59. The summed E-state index contributed by atoms with van der Waals surface area (Å²) in [6.45, 7) is 6.00. The van der Waals surface area contributed by atoms with E-state index in [1.807, 2.05) is 18.2 Å². The van der Waals surface area contributed by atoms with Crippen molar-refractivity contribution in [3.63, 3.8) is 0 Å². The maximum atomic E-state index is 12.4. The molecular formula is C14H19F2N. The summed E-state index contributed by atoms with van der Waals surface area (Å²) >= 11 is 0. The zero-order valence-electron chi connectivity index (χ0n) is 10.3. The molecule has 1 N–H and O–H groups in total. The second-order valence-corrected chi connectivity index (χ2v) is 4.43. The predicted molar refractivity (Wildman–Crippen MR) is 68.1 cm³/mol. The van der Waals surface area contributed by atoms with E-state index in [-0.39, 0.29) is 5.56 Å². The third-order valence-corrected chi connectivity index (χ3v) is 2.29. The van der Waals surface area contributed by atoms with Gasteiger partial charge in [0.1, 0.15) is 0 Å². The van der Waals surface area contributed by atoms with Crippen LogP contribution < -0.4 is 5.32 Å². The van der Waals surface area contributed by atoms with E-state index in [0.29, 0.717) is 5.92 Å². The van der Waals surface area contributed by atoms with E-state index in [0.717, 1.165) is 18.7 Å². The van der Waals surface area contributed by atoms with Crippen LogP contribution in [0.4, 0.5) is 8.78 Å². The van der Waals surface area contributed by atoms with Crippen molar-refractivity contribution in [2.75, 3.05) is 13.1 Å². The van der Waals surface area contributed by atoms with E-state index in [1.54, 1.807) is 6.07 Å². The van der Waals surface area contributed by atoms with E-state index in [9.17, 15) is 8.78 Å². The topological polar surface area (TPSA) is 12.0 Å². The van der Waals surface area contributed by atoms with E-state index in [2.05, 4.69) is 19.2 Å². The molecule has 0 fully saturated rings. The Kier molecular flexibility index (Phi) is 5.84. The van der Waals surface area contributed by atoms with Crippen molar-refractivity contribution >= 4 is 6.08 Å². The first-order chi connectivity index (χ1) is 8.09. The minimum atomic E-state index is -2.40. The van der Waals surface area contributed by atoms with Gasteiger partial charge in [-0.2, -0.15) is 0 Å². The fraction of sp³-hybridized carbons (Fsp3) is 0.429. The molecule has 0 bridgehead atoms. The van der Waals surface area contributed by atoms with Crippen LogP contribution in [-0.4, -0.2) is 13.1 Å². The maximum absolute atomic E-state index is 12.4. The van der Waals surface area contributed by atoms with Gasteiger partial charge in [-0.05, 0) is 24.1 Å². The number of rotatable bonds is 6. The van der Waals surface area contributed by atoms with Crippen LogP contribution in [-0.2, 0) is 0 Å². The molecule has 0 spiro atoms. The van der Waals surface area contributed by atoms with Crippen LogP contribution >= 0.6 is 0 Å². The number of alkyl halides is 2. The van der Waals surface area contributed by atoms with Gasteiger partial charge in [0.05, 0.1) is 0 Å². The Labute approximate surface area is 102 Å². The predicted octanol–water partition coefficient (Wildman–Crippen LogP) is 3.88. The fourth-order valence-electron chi connectivity index (χ4n) is 1.45. The second-order valence-electron chi connectivity index (χ2n) is 4.43. The Morgan fingerprint density at radius 2 is 2.06 bits per heavy atom. The average Bonchev–Trinajstić information content (AvgIpc) is 2.28. The standard InChI is InChI=1S/C14H19F2N/c1-11(2)10-17-8-4-6-12-5-3-7-13(9-12)14(15)16/h3-7,9,11,14,17H,8,10H2,1-2H3/b6-4+. The molecule has 0 saturated carbocycles. The Balaban J connectivity index is 2.45. The molecule has 0 unspecified atom stereocenters. The molecule has 0 radical (unpaired) electrons. The summed E-state index contributed by atoms with van der Waals surface area (Å²) in [6, 6.07) is 6.44. The SMILES string of the molecule is CC(C)CNC/C=C/c1cccc(C(F)F)c1. The minimum Gasteiger partial charge on any atom is -0.313 e. The van der Waals surface area contributed by atoms with Gasteiger partial charge in [0, 0.05) is 12.1 Å². The number of nitrogens with one attached hydrogen (secondary N) is 1. The molecule has 94 valence electrons. The van der Waals surface area contributed by atoms with Crippen molar-refractivity contribution in [1.82, 2.24) is 5.32 Å². The van der Waals surface area contributed by atoms with E-state index in [4.69, 9.17) is 0 Å². The first-order valence-corrected chi connectivity index (χ1v) is 5.85. The largest absolute Gasteiger partial charge is 0.313 e. The Morgan fingerprint density at radius 3 is 2.71 bits per heavy atom. The lowest BCUT2D eigenvalue weighted by molar-refractivity contribution is 0.151. The summed E-state index contributed by atoms with van der Waals surface area (Å²) in [7, 11) is 0. The normalized spacial score (nSPS) is 11.9. The smallest absolute Gasteiger partial charge is 0.263 e. The molecule has 0 aliphatic heterocycles. The van der Waals surface area contributed by atoms with Crippen LogP contribution in [0.3, 0.4) is 0 Å². The molecular weight excluding hydrogens is 220 g/mol. The van der Waals surface area contributed by atoms with Crippen molar-refractivity contribution in [2.45, 2.75) is 20.3 Å². The van der Waals surface area contributed by atoms with Crippen LogP contribution in [0.1, 0.15) is 31.4 Å². The summed E-state index contributed by atoms with van der Waals surface area (Å²) in [5.74, 6) is 0.616. The number of hydrogen-bond donors (Lipinski definition) is 1. The molecule has 3 heteroatoms. The summed E-state index contributed by atoms with van der Waals surface area (Å²) in [5.41, 5.74) is 0.886. The van der Waals surface area contributed by atoms with E-state index in [1.165, 1.54) is 12.1 Å². The molecule has 0 aliphatic carbocycles. The van der Waals surface area contributed by atoms with Gasteiger partial charge < -0.3 is 5.32 Å². The van der Waals surface area contributed by atoms with Crippen molar-refractivity contribution in [2.24, 2.45) is 5.92 Å². The minimum absolute atomic E-state index is 0.0716. The molecule has 0 amide bonds. The maximum Gasteiger partial charge on any atom is 0.263 e. The molecule has 0 atom stereocenters. The van der Waals surface area contributed by atoms with E-state index >= 15 is 0 Å². The summed E-state index contributed by atoms with van der Waals surface area (Å²) < 4.78 is 24.9. The van der Waals surface area contributed by atoms with Crippen molar-refractivity contribution in [3.05, 3.63) is 41.5 Å². The highest BCUT2D eigenvalue weighted by atomic mass is 19.3. The second kappa shape index (κ2) is 7.17. The molecule has 0 heterocycles. The van der Waals surface area contributed by atoms with Crippen LogP contribution in [0, 0.1) is 5.92 Å². The van der Waals surface area contributed by atoms with Crippen molar-refractivity contribution in [3.8, 4) is 0 Å². The van der Waals surface area contributed by atoms with Gasteiger partial charge in [-0.3, -0.25) is 0 Å². The first-order valence-electron chi connectivity index (χ1n) is 5.85. The number of halogens is 2. The Morgan fingerprint density at radius 1 is 1.29 bits per heavy atom. The summed E-state index contributed by atoms with van der Waals surface area (Å²) in [5, 5.41) is 3.26. The molecule has 17 heavy (non-hydrogen) atoms. The van der Waals surface area contributed by atoms with Gasteiger partial charge in [-0.1, -0.05) is 44.2 Å². The van der Waals surface area contributed by atoms with E-state index < -0.39 is 6.43 Å². The zero-order chi connectivity index (χ0) is 12.7. The lowest BCUT2D eigenvalue weighted by Crippen LogP contribution is -2.19. The van der Waals surface area contributed by atoms with Gasteiger partial charge in [-0.25, -0.2) is 8.78 Å². The van der Waals surface area contributed by atoms with Crippen LogP contribution in [0.5, 0.6) is 0 Å². The molecule has 0 saturated heterocycles. The van der Waals surface area contributed by atoms with Gasteiger partial charge in [0.25, 0.3) is 6.43 Å². The molecule has 1 aromatic carbocycles. The third-order valence-electron chi connectivity index (χ3n) is 2.29. The van der Waals surface area contributed by atoms with Crippen LogP contribution in [0.25, 0.3) is 6.08 Å². The Hall–Kier alpha value is -1.22. The average molecular weight is 239 g/mol. The molecule has 1 aromatic rings. The molecule has 1 nitrogen and oxygen atoms in total. The first kappa shape index (κ1) is 13.8. The Bertz CT molecular complexity index is 359. The lowest BCUT2D eigenvalue weighted by atomic mass is 10.1. The molecule has 0 aliphatic rings. The van der Waals surface area contributed by atoms with Gasteiger partial charge >= 0.3 is 0 Å². The van der Waals surface area contributed by atoms with Crippen molar-refractivity contribution < 1.29 is 8.78 Å². The van der Waals surface area contributed by atoms with Gasteiger partial charge in [-0.15, -0.1) is 0 Å². The highest BCUT2D eigenvalue weighted by molar-refractivity contribution is 5.50. The number of hydrogen-bond acceptors (Lipinski definition) is 1. The highest BCUT2D eigenvalue weighted by Crippen LogP contribution is 2.19. The van der Waals surface area contributed by atoms with Gasteiger partial charge in [0.2, 0.25) is 0 Å². The summed E-state index contributed by atoms with van der Waals surface area (Å²) in [6.07, 6.45) is 1.41. The summed E-state index contributed by atoms with van der Waals surface area (Å²) in [4.78, 5) is 0. The number of benzene rings is 1. The monoisotopic (exact) mass is 239 g/mol. The quantitative estimate of drug-likeness (QED) is 0.743. The van der Waals surface area contributed by atoms with Gasteiger partial charge in [0.15, 0.2) is 0 Å². The highest BCUT2D eigenvalue weighted by Gasteiger charge is 2.05. The van der Waals surface area contributed by atoms with Crippen LogP contribution in [0.2, 0.25) is 0 Å².